The number of hydrogen-bond donors (Lipinski definition) is 1. The average Bonchev–Trinajstić information content (AvgIpc) is 2.48. The maximum absolute atomic E-state index is 6.07. The molecular weight excluding hydrogens is 289 g/mol. The molecule has 0 aromatic heterocycles. The highest BCUT2D eigenvalue weighted by atomic mass is 35.5. The van der Waals surface area contributed by atoms with Gasteiger partial charge in [0.1, 0.15) is 0 Å². The fourth-order valence-electron chi connectivity index (χ4n) is 2.33. The van der Waals surface area contributed by atoms with Crippen molar-refractivity contribution < 1.29 is 0 Å². The predicted octanol–water partition coefficient (Wildman–Crippen LogP) is 5.72. The van der Waals surface area contributed by atoms with Crippen molar-refractivity contribution in [3.63, 3.8) is 0 Å². The fraction of sp³-hybridized carbons (Fsp3) is 0.294. The van der Waals surface area contributed by atoms with Gasteiger partial charge >= 0.3 is 0 Å². The minimum absolute atomic E-state index is 0.419. The summed E-state index contributed by atoms with van der Waals surface area (Å²) in [5, 5.41) is 4.66. The first-order valence-electron chi connectivity index (χ1n) is 6.94. The summed E-state index contributed by atoms with van der Waals surface area (Å²) < 4.78 is 0. The molecule has 0 heterocycles. The van der Waals surface area contributed by atoms with E-state index in [0.29, 0.717) is 16.1 Å². The molecule has 3 heteroatoms. The molecule has 0 saturated carbocycles. The summed E-state index contributed by atoms with van der Waals surface area (Å²) in [6.45, 7) is 5.31. The first kappa shape index (κ1) is 15.4. The van der Waals surface area contributed by atoms with E-state index in [2.05, 4.69) is 43.4 Å². The van der Waals surface area contributed by atoms with E-state index in [1.807, 2.05) is 18.2 Å². The lowest BCUT2D eigenvalue weighted by atomic mass is 9.99. The molecule has 0 spiro atoms. The Morgan fingerprint density at radius 3 is 2.10 bits per heavy atom. The molecule has 0 bridgehead atoms. The highest BCUT2D eigenvalue weighted by Gasteiger charge is 2.08. The van der Waals surface area contributed by atoms with Crippen LogP contribution in [0.5, 0.6) is 0 Å². The maximum atomic E-state index is 6.07. The Balaban J connectivity index is 2.25. The van der Waals surface area contributed by atoms with Crippen LogP contribution in [0.15, 0.2) is 42.5 Å². The van der Waals surface area contributed by atoms with Gasteiger partial charge in [-0.25, -0.2) is 0 Å². The van der Waals surface area contributed by atoms with Crippen LogP contribution in [0.25, 0.3) is 11.1 Å². The number of rotatable bonds is 5. The monoisotopic (exact) mass is 307 g/mol. The normalized spacial score (nSPS) is 12.4. The molecule has 2 aromatic carbocycles. The van der Waals surface area contributed by atoms with Crippen molar-refractivity contribution in [1.82, 2.24) is 5.32 Å². The standard InChI is InChI=1S/C17H19Cl2N/c1-3-17(20-4-2)13-7-5-12(6-8-13)14-9-10-15(18)16(19)11-14/h5-11,17,20H,3-4H2,1-2H3. The van der Waals surface area contributed by atoms with Crippen LogP contribution in [0.3, 0.4) is 0 Å². The van der Waals surface area contributed by atoms with Crippen molar-refractivity contribution in [2.75, 3.05) is 6.54 Å². The van der Waals surface area contributed by atoms with E-state index in [1.165, 1.54) is 5.56 Å². The number of benzene rings is 2. The van der Waals surface area contributed by atoms with E-state index in [0.717, 1.165) is 24.1 Å². The molecule has 0 radical (unpaired) electrons. The molecule has 0 aliphatic rings. The van der Waals surface area contributed by atoms with Gasteiger partial charge in [-0.2, -0.15) is 0 Å². The van der Waals surface area contributed by atoms with Crippen LogP contribution in [0, 0.1) is 0 Å². The zero-order valence-electron chi connectivity index (χ0n) is 11.8. The van der Waals surface area contributed by atoms with Gasteiger partial charge in [-0.1, -0.05) is 67.4 Å². The van der Waals surface area contributed by atoms with Crippen molar-refractivity contribution in [2.45, 2.75) is 26.3 Å². The molecular formula is C17H19Cl2N. The lowest BCUT2D eigenvalue weighted by Gasteiger charge is -2.16. The SMILES string of the molecule is CCNC(CC)c1ccc(-c2ccc(Cl)c(Cl)c2)cc1. The van der Waals surface area contributed by atoms with Gasteiger partial charge in [0.25, 0.3) is 0 Å². The quantitative estimate of drug-likeness (QED) is 0.744. The van der Waals surface area contributed by atoms with E-state index in [-0.39, 0.29) is 0 Å². The predicted molar refractivity (Wildman–Crippen MR) is 88.6 cm³/mol. The van der Waals surface area contributed by atoms with Gasteiger partial charge in [0.15, 0.2) is 0 Å². The van der Waals surface area contributed by atoms with Gasteiger partial charge in [0.05, 0.1) is 10.0 Å². The van der Waals surface area contributed by atoms with Crippen LogP contribution in [0.2, 0.25) is 10.0 Å². The molecule has 2 aromatic rings. The van der Waals surface area contributed by atoms with Crippen molar-refractivity contribution in [3.8, 4) is 11.1 Å². The second-order valence-electron chi connectivity index (χ2n) is 4.77. The van der Waals surface area contributed by atoms with Crippen molar-refractivity contribution in [1.29, 1.82) is 0 Å². The van der Waals surface area contributed by atoms with E-state index in [4.69, 9.17) is 23.2 Å². The van der Waals surface area contributed by atoms with E-state index in [1.54, 1.807) is 0 Å². The Bertz CT molecular complexity index is 564. The Morgan fingerprint density at radius 1 is 0.900 bits per heavy atom. The van der Waals surface area contributed by atoms with Crippen molar-refractivity contribution in [2.24, 2.45) is 0 Å². The third-order valence-electron chi connectivity index (χ3n) is 3.42. The lowest BCUT2D eigenvalue weighted by molar-refractivity contribution is 0.537. The van der Waals surface area contributed by atoms with E-state index >= 15 is 0 Å². The Labute approximate surface area is 130 Å². The van der Waals surface area contributed by atoms with Crippen LogP contribution in [0.1, 0.15) is 31.9 Å². The van der Waals surface area contributed by atoms with Crippen LogP contribution < -0.4 is 5.32 Å². The van der Waals surface area contributed by atoms with Crippen LogP contribution in [0.4, 0.5) is 0 Å². The Kier molecular flexibility index (Phi) is 5.47. The number of nitrogens with one attached hydrogen (secondary N) is 1. The third-order valence-corrected chi connectivity index (χ3v) is 4.16. The van der Waals surface area contributed by atoms with Gasteiger partial charge in [-0.15, -0.1) is 0 Å². The summed E-state index contributed by atoms with van der Waals surface area (Å²) >= 11 is 12.0. The molecule has 20 heavy (non-hydrogen) atoms. The minimum atomic E-state index is 0.419. The summed E-state index contributed by atoms with van der Waals surface area (Å²) in [6.07, 6.45) is 1.08. The van der Waals surface area contributed by atoms with Crippen molar-refractivity contribution in [3.05, 3.63) is 58.1 Å². The topological polar surface area (TPSA) is 12.0 Å². The molecule has 0 saturated heterocycles. The highest BCUT2D eigenvalue weighted by Crippen LogP contribution is 2.29. The van der Waals surface area contributed by atoms with E-state index in [9.17, 15) is 0 Å². The van der Waals surface area contributed by atoms with Crippen LogP contribution in [-0.2, 0) is 0 Å². The minimum Gasteiger partial charge on any atom is -0.310 e. The molecule has 2 rings (SSSR count). The summed E-state index contributed by atoms with van der Waals surface area (Å²) in [5.41, 5.74) is 3.55. The lowest BCUT2D eigenvalue weighted by Crippen LogP contribution is -2.19. The molecule has 1 N–H and O–H groups in total. The second-order valence-corrected chi connectivity index (χ2v) is 5.58. The highest BCUT2D eigenvalue weighted by molar-refractivity contribution is 6.42. The van der Waals surface area contributed by atoms with Gasteiger partial charge in [-0.05, 0) is 41.8 Å². The first-order valence-corrected chi connectivity index (χ1v) is 7.70. The first-order chi connectivity index (χ1) is 9.65. The molecule has 106 valence electrons. The number of hydrogen-bond acceptors (Lipinski definition) is 1. The fourth-order valence-corrected chi connectivity index (χ4v) is 2.63. The summed E-state index contributed by atoms with van der Waals surface area (Å²) in [6, 6.07) is 14.8. The smallest absolute Gasteiger partial charge is 0.0598 e. The third kappa shape index (κ3) is 3.54. The second kappa shape index (κ2) is 7.12. The molecule has 0 amide bonds. The van der Waals surface area contributed by atoms with Gasteiger partial charge in [-0.3, -0.25) is 0 Å². The zero-order chi connectivity index (χ0) is 14.5. The summed E-state index contributed by atoms with van der Waals surface area (Å²) in [5.74, 6) is 0. The van der Waals surface area contributed by atoms with Crippen LogP contribution in [-0.4, -0.2) is 6.54 Å². The Hall–Kier alpha value is -1.02. The molecule has 1 unspecified atom stereocenters. The molecule has 0 aliphatic carbocycles. The zero-order valence-corrected chi connectivity index (χ0v) is 13.3. The summed E-state index contributed by atoms with van der Waals surface area (Å²) in [7, 11) is 0. The molecule has 0 aliphatic heterocycles. The summed E-state index contributed by atoms with van der Waals surface area (Å²) in [4.78, 5) is 0. The molecule has 1 atom stereocenters. The molecule has 1 nitrogen and oxygen atoms in total. The van der Waals surface area contributed by atoms with Gasteiger partial charge < -0.3 is 5.32 Å². The molecule has 0 fully saturated rings. The van der Waals surface area contributed by atoms with Gasteiger partial charge in [0.2, 0.25) is 0 Å². The Morgan fingerprint density at radius 2 is 1.55 bits per heavy atom. The number of halogens is 2. The average molecular weight is 308 g/mol. The van der Waals surface area contributed by atoms with Crippen LogP contribution >= 0.6 is 23.2 Å². The largest absolute Gasteiger partial charge is 0.310 e. The van der Waals surface area contributed by atoms with Crippen molar-refractivity contribution >= 4 is 23.2 Å². The van der Waals surface area contributed by atoms with Gasteiger partial charge in [0, 0.05) is 6.04 Å². The maximum Gasteiger partial charge on any atom is 0.0598 e. The van der Waals surface area contributed by atoms with E-state index < -0.39 is 0 Å².